The predicted molar refractivity (Wildman–Crippen MR) is 117 cm³/mol. The third kappa shape index (κ3) is 3.16. The maximum Gasteiger partial charge on any atom is 0.435 e. The number of pyridine rings is 1. The summed E-state index contributed by atoms with van der Waals surface area (Å²) in [5.74, 6) is 0. The van der Waals surface area contributed by atoms with Crippen LogP contribution in [0.25, 0.3) is 44.5 Å². The van der Waals surface area contributed by atoms with Crippen molar-refractivity contribution in [2.24, 2.45) is 0 Å². The molecule has 0 amide bonds. The van der Waals surface area contributed by atoms with Crippen LogP contribution in [0.15, 0.2) is 24.5 Å². The highest BCUT2D eigenvalue weighted by Gasteiger charge is 2.38. The Hall–Kier alpha value is -3.80. The van der Waals surface area contributed by atoms with Gasteiger partial charge in [0.2, 0.25) is 0 Å². The van der Waals surface area contributed by atoms with E-state index in [9.17, 15) is 18.3 Å². The molecular formula is C22H19F3N8O. The highest BCUT2D eigenvalue weighted by molar-refractivity contribution is 6.13. The summed E-state index contributed by atoms with van der Waals surface area (Å²) >= 11 is 0. The molecule has 0 spiro atoms. The second kappa shape index (κ2) is 7.62. The van der Waals surface area contributed by atoms with E-state index in [1.165, 1.54) is 10.9 Å². The number of nitrogens with one attached hydrogen (secondary N) is 2. The molecule has 3 N–H and O–H groups in total. The van der Waals surface area contributed by atoms with Crippen LogP contribution in [0, 0.1) is 0 Å². The molecule has 4 aromatic heterocycles. The summed E-state index contributed by atoms with van der Waals surface area (Å²) in [7, 11) is 0. The van der Waals surface area contributed by atoms with Crippen molar-refractivity contribution in [3.05, 3.63) is 41.3 Å². The second-order valence-electron chi connectivity index (χ2n) is 8.31. The van der Waals surface area contributed by atoms with E-state index in [2.05, 4.69) is 30.7 Å². The van der Waals surface area contributed by atoms with Gasteiger partial charge in [-0.25, -0.2) is 9.67 Å². The van der Waals surface area contributed by atoms with Crippen LogP contribution in [0.2, 0.25) is 0 Å². The third-order valence-electron chi connectivity index (χ3n) is 6.27. The number of H-pyrrole nitrogens is 2. The summed E-state index contributed by atoms with van der Waals surface area (Å²) < 4.78 is 42.4. The maximum absolute atomic E-state index is 13.6. The first-order valence-corrected chi connectivity index (χ1v) is 10.9. The van der Waals surface area contributed by atoms with E-state index in [4.69, 9.17) is 4.98 Å². The van der Waals surface area contributed by atoms with Crippen molar-refractivity contribution in [1.82, 2.24) is 40.4 Å². The number of nitrogens with zero attached hydrogens (tertiary/aromatic N) is 6. The van der Waals surface area contributed by atoms with Gasteiger partial charge in [-0.1, -0.05) is 5.21 Å². The van der Waals surface area contributed by atoms with Crippen LogP contribution >= 0.6 is 0 Å². The van der Waals surface area contributed by atoms with Gasteiger partial charge in [0.05, 0.1) is 41.6 Å². The molecule has 0 atom stereocenters. The molecule has 0 aliphatic heterocycles. The number of halogens is 3. The van der Waals surface area contributed by atoms with E-state index in [0.717, 1.165) is 46.7 Å². The number of aliphatic hydroxyl groups excluding tert-OH is 1. The summed E-state index contributed by atoms with van der Waals surface area (Å²) in [6.07, 6.45) is 1.55. The molecule has 0 radical (unpaired) electrons. The lowest BCUT2D eigenvalue weighted by Crippen LogP contribution is -2.11. The van der Waals surface area contributed by atoms with Crippen molar-refractivity contribution >= 4 is 21.8 Å². The maximum atomic E-state index is 13.6. The van der Waals surface area contributed by atoms with Crippen molar-refractivity contribution in [2.75, 3.05) is 6.61 Å². The average Bonchev–Trinajstić information content (AvgIpc) is 3.57. The van der Waals surface area contributed by atoms with Crippen molar-refractivity contribution in [3.63, 3.8) is 0 Å². The quantitative estimate of drug-likeness (QED) is 0.370. The van der Waals surface area contributed by atoms with Crippen LogP contribution in [0.3, 0.4) is 0 Å². The molecule has 174 valence electrons. The zero-order valence-electron chi connectivity index (χ0n) is 17.8. The first-order valence-electron chi connectivity index (χ1n) is 10.9. The van der Waals surface area contributed by atoms with Crippen molar-refractivity contribution in [1.29, 1.82) is 0 Å². The number of aliphatic hydroxyl groups is 1. The van der Waals surface area contributed by atoms with Gasteiger partial charge in [0.25, 0.3) is 0 Å². The van der Waals surface area contributed by atoms with Crippen LogP contribution in [0.4, 0.5) is 13.2 Å². The molecule has 9 nitrogen and oxygen atoms in total. The number of alkyl halides is 3. The molecule has 0 fully saturated rings. The SMILES string of the molecule is OCCn1cc(-c2n[nH]c3ccc4nc(-c5c[nH]nc5C(F)(F)F)c5c(c4c23)CCCC5)nn1. The number of rotatable bonds is 4. The number of aryl methyl sites for hydroxylation is 1. The summed E-state index contributed by atoms with van der Waals surface area (Å²) in [6, 6.07) is 3.62. The zero-order chi connectivity index (χ0) is 23.4. The Labute approximate surface area is 190 Å². The van der Waals surface area contributed by atoms with Gasteiger partial charge in [-0.05, 0) is 48.9 Å². The van der Waals surface area contributed by atoms with Crippen molar-refractivity contribution in [2.45, 2.75) is 38.4 Å². The standard InChI is InChI=1S/C22H19F3N8O/c23-22(24,25)21-13(9-26-31-21)19-12-4-2-1-3-11(12)17-14(27-19)5-6-15-18(17)20(30-28-15)16-10-33(7-8-34)32-29-16/h5-6,9-10,34H,1-4,7-8H2,(H,26,31)(H,28,30). The van der Waals surface area contributed by atoms with Crippen molar-refractivity contribution < 1.29 is 18.3 Å². The molecule has 1 aliphatic carbocycles. The van der Waals surface area contributed by atoms with Crippen molar-refractivity contribution in [3.8, 4) is 22.6 Å². The Kier molecular flexibility index (Phi) is 4.66. The largest absolute Gasteiger partial charge is 0.435 e. The Morgan fingerprint density at radius 1 is 1.03 bits per heavy atom. The lowest BCUT2D eigenvalue weighted by atomic mass is 9.85. The predicted octanol–water partition coefficient (Wildman–Crippen LogP) is 3.65. The molecule has 6 rings (SSSR count). The van der Waals surface area contributed by atoms with Gasteiger partial charge in [-0.15, -0.1) is 5.10 Å². The fourth-order valence-corrected chi connectivity index (χ4v) is 4.85. The lowest BCUT2D eigenvalue weighted by molar-refractivity contribution is -0.140. The van der Waals surface area contributed by atoms with Gasteiger partial charge in [-0.2, -0.15) is 23.4 Å². The average molecular weight is 468 g/mol. The fraction of sp³-hybridized carbons (Fsp3) is 0.318. The summed E-state index contributed by atoms with van der Waals surface area (Å²) in [4.78, 5) is 4.73. The number of hydrogen-bond acceptors (Lipinski definition) is 6. The molecular weight excluding hydrogens is 449 g/mol. The minimum absolute atomic E-state index is 0.0352. The molecule has 0 saturated carbocycles. The van der Waals surface area contributed by atoms with Gasteiger partial charge in [0.1, 0.15) is 11.4 Å². The summed E-state index contributed by atoms with van der Waals surface area (Å²) in [5.41, 5.74) is 3.61. The van der Waals surface area contributed by atoms with E-state index in [0.29, 0.717) is 35.6 Å². The third-order valence-corrected chi connectivity index (χ3v) is 6.27. The van der Waals surface area contributed by atoms with Crippen LogP contribution in [0.5, 0.6) is 0 Å². The normalized spacial score (nSPS) is 14.2. The number of benzene rings is 1. The molecule has 1 aliphatic rings. The van der Waals surface area contributed by atoms with E-state index in [1.807, 2.05) is 6.07 Å². The number of aromatic amines is 2. The van der Waals surface area contributed by atoms with Gasteiger partial charge in [0.15, 0.2) is 5.69 Å². The van der Waals surface area contributed by atoms with Gasteiger partial charge >= 0.3 is 6.18 Å². The number of fused-ring (bicyclic) bond motifs is 5. The van der Waals surface area contributed by atoms with Crippen LogP contribution in [-0.2, 0) is 25.6 Å². The molecule has 1 aromatic carbocycles. The zero-order valence-corrected chi connectivity index (χ0v) is 17.8. The molecule has 0 saturated heterocycles. The van der Waals surface area contributed by atoms with E-state index in [1.54, 1.807) is 12.3 Å². The first kappa shape index (κ1) is 20.8. The van der Waals surface area contributed by atoms with Gasteiger partial charge in [-0.3, -0.25) is 10.2 Å². The van der Waals surface area contributed by atoms with E-state index < -0.39 is 11.9 Å². The Morgan fingerprint density at radius 3 is 2.65 bits per heavy atom. The smallest absolute Gasteiger partial charge is 0.394 e. The van der Waals surface area contributed by atoms with Gasteiger partial charge in [0, 0.05) is 17.0 Å². The number of aromatic nitrogens is 8. The topological polar surface area (TPSA) is 121 Å². The van der Waals surface area contributed by atoms with E-state index >= 15 is 0 Å². The molecule has 12 heteroatoms. The van der Waals surface area contributed by atoms with Crippen LogP contribution < -0.4 is 0 Å². The Bertz CT molecular complexity index is 1530. The van der Waals surface area contributed by atoms with E-state index in [-0.39, 0.29) is 12.2 Å². The summed E-state index contributed by atoms with van der Waals surface area (Å²) in [5, 5.41) is 32.4. The highest BCUT2D eigenvalue weighted by Crippen LogP contribution is 2.42. The minimum atomic E-state index is -4.59. The fourth-order valence-electron chi connectivity index (χ4n) is 4.85. The highest BCUT2D eigenvalue weighted by atomic mass is 19.4. The summed E-state index contributed by atoms with van der Waals surface area (Å²) in [6.45, 7) is 0.240. The van der Waals surface area contributed by atoms with Crippen LogP contribution in [-0.4, -0.2) is 52.1 Å². The first-order chi connectivity index (χ1) is 16.5. The number of hydrogen-bond donors (Lipinski definition) is 3. The molecule has 0 unspecified atom stereocenters. The Morgan fingerprint density at radius 2 is 1.85 bits per heavy atom. The van der Waals surface area contributed by atoms with Gasteiger partial charge < -0.3 is 5.11 Å². The second-order valence-corrected chi connectivity index (χ2v) is 8.31. The lowest BCUT2D eigenvalue weighted by Gasteiger charge is -2.22. The molecule has 34 heavy (non-hydrogen) atoms. The Balaban J connectivity index is 1.64. The molecule has 5 aromatic rings. The monoisotopic (exact) mass is 468 g/mol. The van der Waals surface area contributed by atoms with Crippen LogP contribution in [0.1, 0.15) is 29.7 Å². The molecule has 0 bridgehead atoms. The minimum Gasteiger partial charge on any atom is -0.394 e. The molecule has 4 heterocycles.